The van der Waals surface area contributed by atoms with Crippen LogP contribution in [0, 0.1) is 0 Å². The number of fused-ring (bicyclic) bond motifs is 1. The van der Waals surface area contributed by atoms with Gasteiger partial charge in [-0.3, -0.25) is 0 Å². The lowest BCUT2D eigenvalue weighted by Crippen LogP contribution is -2.35. The highest BCUT2D eigenvalue weighted by Crippen LogP contribution is 2.42. The first kappa shape index (κ1) is 11.7. The zero-order chi connectivity index (χ0) is 12.4. The van der Waals surface area contributed by atoms with E-state index in [-0.39, 0.29) is 4.75 Å². The van der Waals surface area contributed by atoms with E-state index < -0.39 is 0 Å². The third-order valence-electron chi connectivity index (χ3n) is 3.32. The molecule has 2 aromatic rings. The van der Waals surface area contributed by atoms with Crippen LogP contribution in [0.4, 0.5) is 5.69 Å². The minimum Gasteiger partial charge on any atom is -0.383 e. The molecular weight excluding hydrogens is 238 g/mol. The van der Waals surface area contributed by atoms with Crippen molar-refractivity contribution in [3.05, 3.63) is 60.2 Å². The number of benzene rings is 2. The van der Waals surface area contributed by atoms with Crippen LogP contribution in [0.2, 0.25) is 0 Å². The number of hydrogen-bond donors (Lipinski definition) is 1. The third-order valence-corrected chi connectivity index (χ3v) is 4.67. The Morgan fingerprint density at radius 3 is 2.61 bits per heavy atom. The molecule has 18 heavy (non-hydrogen) atoms. The summed E-state index contributed by atoms with van der Waals surface area (Å²) in [6, 6.07) is 19.3. The summed E-state index contributed by atoms with van der Waals surface area (Å²) >= 11 is 1.99. The molecule has 92 valence electrons. The second-order valence-electron chi connectivity index (χ2n) is 5.06. The first-order chi connectivity index (χ1) is 8.75. The standard InChI is InChI=1S/C16H17NS/c1-16(11-13-7-3-2-4-8-13)12-17-14-9-5-6-10-15(14)18-16/h2-10,17H,11-12H2,1H3. The zero-order valence-corrected chi connectivity index (χ0v) is 11.3. The first-order valence-electron chi connectivity index (χ1n) is 6.31. The topological polar surface area (TPSA) is 12.0 Å². The van der Waals surface area contributed by atoms with Crippen LogP contribution in [0.1, 0.15) is 12.5 Å². The summed E-state index contributed by atoms with van der Waals surface area (Å²) in [4.78, 5) is 1.36. The van der Waals surface area contributed by atoms with Crippen molar-refractivity contribution < 1.29 is 0 Å². The number of hydrogen-bond acceptors (Lipinski definition) is 2. The van der Waals surface area contributed by atoms with Crippen LogP contribution in [-0.4, -0.2) is 11.3 Å². The Morgan fingerprint density at radius 2 is 1.78 bits per heavy atom. The second kappa shape index (κ2) is 4.69. The van der Waals surface area contributed by atoms with Crippen molar-refractivity contribution >= 4 is 17.4 Å². The van der Waals surface area contributed by atoms with Gasteiger partial charge >= 0.3 is 0 Å². The Labute approximate surface area is 113 Å². The maximum Gasteiger partial charge on any atom is 0.0479 e. The van der Waals surface area contributed by atoms with Crippen molar-refractivity contribution in [1.82, 2.24) is 0 Å². The Hall–Kier alpha value is -1.41. The lowest BCUT2D eigenvalue weighted by Gasteiger charge is -2.35. The van der Waals surface area contributed by atoms with Crippen LogP contribution < -0.4 is 5.32 Å². The monoisotopic (exact) mass is 255 g/mol. The lowest BCUT2D eigenvalue weighted by molar-refractivity contribution is 0.662. The normalized spacial score (nSPS) is 22.1. The van der Waals surface area contributed by atoms with Gasteiger partial charge in [0, 0.05) is 21.9 Å². The van der Waals surface area contributed by atoms with Crippen molar-refractivity contribution in [3.63, 3.8) is 0 Å². The molecule has 1 heterocycles. The summed E-state index contributed by atoms with van der Waals surface area (Å²) in [6.45, 7) is 3.36. The molecule has 1 aliphatic rings. The molecular formula is C16H17NS. The van der Waals surface area contributed by atoms with Gasteiger partial charge in [0.15, 0.2) is 0 Å². The van der Waals surface area contributed by atoms with Crippen molar-refractivity contribution in [3.8, 4) is 0 Å². The number of thioether (sulfide) groups is 1. The van der Waals surface area contributed by atoms with Crippen molar-refractivity contribution in [2.45, 2.75) is 23.0 Å². The summed E-state index contributed by atoms with van der Waals surface area (Å²) < 4.78 is 0.232. The van der Waals surface area contributed by atoms with Crippen LogP contribution in [0.15, 0.2) is 59.5 Å². The van der Waals surface area contributed by atoms with Gasteiger partial charge in [-0.15, -0.1) is 11.8 Å². The molecule has 1 N–H and O–H groups in total. The van der Waals surface area contributed by atoms with E-state index in [2.05, 4.69) is 66.8 Å². The Balaban J connectivity index is 1.82. The number of rotatable bonds is 2. The quantitative estimate of drug-likeness (QED) is 0.863. The van der Waals surface area contributed by atoms with Gasteiger partial charge in [-0.1, -0.05) is 42.5 Å². The minimum atomic E-state index is 0.232. The third kappa shape index (κ3) is 2.39. The maximum absolute atomic E-state index is 3.55. The van der Waals surface area contributed by atoms with E-state index in [1.54, 1.807) is 0 Å². The summed E-state index contributed by atoms with van der Waals surface area (Å²) in [5, 5.41) is 3.55. The molecule has 0 aromatic heterocycles. The molecule has 2 heteroatoms. The van der Waals surface area contributed by atoms with E-state index in [9.17, 15) is 0 Å². The van der Waals surface area contributed by atoms with Gasteiger partial charge < -0.3 is 5.32 Å². The van der Waals surface area contributed by atoms with Gasteiger partial charge in [0.2, 0.25) is 0 Å². The molecule has 0 amide bonds. The molecule has 3 rings (SSSR count). The average Bonchev–Trinajstić information content (AvgIpc) is 2.39. The molecule has 0 aliphatic carbocycles. The van der Waals surface area contributed by atoms with Crippen LogP contribution in [0.3, 0.4) is 0 Å². The van der Waals surface area contributed by atoms with Crippen LogP contribution in [-0.2, 0) is 6.42 Å². The molecule has 0 saturated carbocycles. The van der Waals surface area contributed by atoms with Gasteiger partial charge in [0.1, 0.15) is 0 Å². The summed E-state index contributed by atoms with van der Waals surface area (Å²) in [7, 11) is 0. The van der Waals surface area contributed by atoms with Crippen LogP contribution >= 0.6 is 11.8 Å². The SMILES string of the molecule is CC1(Cc2ccccc2)CNc2ccccc2S1. The summed E-state index contributed by atoms with van der Waals surface area (Å²) in [5.41, 5.74) is 2.68. The van der Waals surface area contributed by atoms with Gasteiger partial charge in [-0.05, 0) is 31.0 Å². The van der Waals surface area contributed by atoms with E-state index in [1.807, 2.05) is 11.8 Å². The fourth-order valence-corrected chi connectivity index (χ4v) is 3.72. The summed E-state index contributed by atoms with van der Waals surface area (Å²) in [6.07, 6.45) is 1.10. The Bertz CT molecular complexity index is 538. The largest absolute Gasteiger partial charge is 0.383 e. The van der Waals surface area contributed by atoms with Crippen LogP contribution in [0.25, 0.3) is 0 Å². The fourth-order valence-electron chi connectivity index (χ4n) is 2.41. The molecule has 1 unspecified atom stereocenters. The molecule has 1 aliphatic heterocycles. The molecule has 0 fully saturated rings. The van der Waals surface area contributed by atoms with Gasteiger partial charge in [-0.2, -0.15) is 0 Å². The molecule has 0 spiro atoms. The second-order valence-corrected chi connectivity index (χ2v) is 6.69. The fraction of sp³-hybridized carbons (Fsp3) is 0.250. The first-order valence-corrected chi connectivity index (χ1v) is 7.13. The maximum atomic E-state index is 3.55. The highest BCUT2D eigenvalue weighted by Gasteiger charge is 2.30. The molecule has 1 nitrogen and oxygen atoms in total. The minimum absolute atomic E-state index is 0.232. The highest BCUT2D eigenvalue weighted by molar-refractivity contribution is 8.01. The summed E-state index contributed by atoms with van der Waals surface area (Å²) in [5.74, 6) is 0. The lowest BCUT2D eigenvalue weighted by atomic mass is 10.00. The van der Waals surface area contributed by atoms with Crippen LogP contribution in [0.5, 0.6) is 0 Å². The molecule has 0 bridgehead atoms. The van der Waals surface area contributed by atoms with Gasteiger partial charge in [0.25, 0.3) is 0 Å². The average molecular weight is 255 g/mol. The van der Waals surface area contributed by atoms with E-state index in [4.69, 9.17) is 0 Å². The zero-order valence-electron chi connectivity index (χ0n) is 10.5. The number of anilines is 1. The Morgan fingerprint density at radius 1 is 1.06 bits per heavy atom. The Kier molecular flexibility index (Phi) is 3.04. The van der Waals surface area contributed by atoms with E-state index in [0.29, 0.717) is 0 Å². The highest BCUT2D eigenvalue weighted by atomic mass is 32.2. The number of nitrogens with one attached hydrogen (secondary N) is 1. The van der Waals surface area contributed by atoms with Crippen molar-refractivity contribution in [1.29, 1.82) is 0 Å². The molecule has 1 atom stereocenters. The predicted octanol–water partition coefficient (Wildman–Crippen LogP) is 4.21. The van der Waals surface area contributed by atoms with Gasteiger partial charge in [-0.25, -0.2) is 0 Å². The van der Waals surface area contributed by atoms with E-state index in [1.165, 1.54) is 16.1 Å². The van der Waals surface area contributed by atoms with Crippen molar-refractivity contribution in [2.24, 2.45) is 0 Å². The van der Waals surface area contributed by atoms with Crippen molar-refractivity contribution in [2.75, 3.05) is 11.9 Å². The molecule has 0 saturated heterocycles. The predicted molar refractivity (Wildman–Crippen MR) is 79.3 cm³/mol. The van der Waals surface area contributed by atoms with E-state index >= 15 is 0 Å². The van der Waals surface area contributed by atoms with Gasteiger partial charge in [0.05, 0.1) is 0 Å². The smallest absolute Gasteiger partial charge is 0.0479 e. The number of para-hydroxylation sites is 1. The van der Waals surface area contributed by atoms with E-state index in [0.717, 1.165) is 13.0 Å². The molecule has 0 radical (unpaired) electrons. The molecule has 2 aromatic carbocycles.